The van der Waals surface area contributed by atoms with E-state index in [1.807, 2.05) is 20.8 Å². The fraction of sp³-hybridized carbons (Fsp3) is 0.548. The second kappa shape index (κ2) is 16.2. The topological polar surface area (TPSA) is 166 Å². The maximum atomic E-state index is 13.6. The molecule has 2 aliphatic rings. The summed E-state index contributed by atoms with van der Waals surface area (Å²) in [6.07, 6.45) is 4.69. The largest absolute Gasteiger partial charge is 0.439 e. The van der Waals surface area contributed by atoms with Crippen molar-refractivity contribution in [3.05, 3.63) is 58.5 Å². The number of hydrogen-bond acceptors (Lipinski definition) is 9. The summed E-state index contributed by atoms with van der Waals surface area (Å²) >= 11 is 0. The van der Waals surface area contributed by atoms with Crippen LogP contribution < -0.4 is 16.4 Å². The number of nitrogens with one attached hydrogen (secondary N) is 2. The van der Waals surface area contributed by atoms with Gasteiger partial charge in [-0.2, -0.15) is 0 Å². The Kier molecular flexibility index (Phi) is 13.4. The van der Waals surface area contributed by atoms with Gasteiger partial charge in [0.2, 0.25) is 11.6 Å². The number of hydrogen-bond donors (Lipinski definition) is 4. The van der Waals surface area contributed by atoms with E-state index in [1.54, 1.807) is 32.1 Å². The Bertz CT molecular complexity index is 1180. The minimum atomic E-state index is -0.995. The van der Waals surface area contributed by atoms with Crippen LogP contribution in [0.4, 0.5) is 4.79 Å². The lowest BCUT2D eigenvalue weighted by atomic mass is 9.85. The fourth-order valence-corrected chi connectivity index (χ4v) is 5.03. The normalized spacial score (nSPS) is 31.7. The molecule has 0 spiro atoms. The van der Waals surface area contributed by atoms with E-state index in [9.17, 15) is 24.3 Å². The third kappa shape index (κ3) is 9.23. The molecule has 1 aliphatic heterocycles. The van der Waals surface area contributed by atoms with Gasteiger partial charge in [0.05, 0.1) is 23.6 Å². The van der Waals surface area contributed by atoms with Gasteiger partial charge in [-0.05, 0) is 44.6 Å². The second-order valence-electron chi connectivity index (χ2n) is 10.9. The highest BCUT2D eigenvalue weighted by Crippen LogP contribution is 2.28. The third-order valence-corrected chi connectivity index (χ3v) is 7.35. The van der Waals surface area contributed by atoms with Crippen LogP contribution >= 0.6 is 0 Å². The van der Waals surface area contributed by atoms with E-state index in [4.69, 9.17) is 19.9 Å². The van der Waals surface area contributed by atoms with Gasteiger partial charge in [-0.1, -0.05) is 45.1 Å². The molecular formula is C31H45N3O8. The molecule has 11 heteroatoms. The van der Waals surface area contributed by atoms with Crippen molar-refractivity contribution in [2.24, 2.45) is 17.6 Å². The highest BCUT2D eigenvalue weighted by Gasteiger charge is 2.33. The molecule has 1 aliphatic carbocycles. The first kappa shape index (κ1) is 34.7. The highest BCUT2D eigenvalue weighted by molar-refractivity contribution is 6.23. The van der Waals surface area contributed by atoms with Crippen LogP contribution in [0.15, 0.2) is 58.5 Å². The zero-order valence-corrected chi connectivity index (χ0v) is 25.6. The predicted octanol–water partition coefficient (Wildman–Crippen LogP) is 2.76. The van der Waals surface area contributed by atoms with Gasteiger partial charge < -0.3 is 35.7 Å². The fourth-order valence-electron chi connectivity index (χ4n) is 5.03. The average molecular weight is 588 g/mol. The number of allylic oxidation sites excluding steroid dienone is 4. The number of rotatable bonds is 6. The monoisotopic (exact) mass is 587 g/mol. The Labute approximate surface area is 247 Å². The number of methoxy groups -OCH3 is 2. The zero-order valence-electron chi connectivity index (χ0n) is 25.6. The molecule has 1 heterocycles. The molecule has 2 rings (SSSR count). The number of carbonyl (C=O) groups excluding carboxylic acids is 4. The summed E-state index contributed by atoms with van der Waals surface area (Å²) in [4.78, 5) is 51.4. The number of aliphatic hydroxyl groups is 1. The number of Topliss-reactive ketones (excluding diaryl/α,β-unsaturated/α-hetero) is 1. The summed E-state index contributed by atoms with van der Waals surface area (Å²) in [6.45, 7) is 9.47. The average Bonchev–Trinajstić information content (AvgIpc) is 2.94. The van der Waals surface area contributed by atoms with Gasteiger partial charge in [-0.25, -0.2) is 4.79 Å². The minimum absolute atomic E-state index is 0.106. The Morgan fingerprint density at radius 2 is 1.86 bits per heavy atom. The molecule has 2 amide bonds. The molecule has 0 saturated carbocycles. The van der Waals surface area contributed by atoms with Gasteiger partial charge in [0.1, 0.15) is 6.10 Å². The van der Waals surface area contributed by atoms with Crippen LogP contribution in [0, 0.1) is 11.8 Å². The van der Waals surface area contributed by atoms with Gasteiger partial charge >= 0.3 is 6.09 Å². The molecule has 0 radical (unpaired) electrons. The minimum Gasteiger partial charge on any atom is -0.439 e. The van der Waals surface area contributed by atoms with Crippen LogP contribution in [-0.4, -0.2) is 73.9 Å². The number of nitrogens with two attached hydrogens (primary N) is 1. The van der Waals surface area contributed by atoms with Crippen molar-refractivity contribution in [1.29, 1.82) is 0 Å². The SMILES string of the molecule is CCCNC1=C2C[C@@H](C)C[C@H](OC)[C@H](O)[C@@H](C)/C=C(\C)[C@H](OC(N)=O)[C@@H](OC)/C=C/C=C(/C)C(=O)NC(=CC1=O)C2=O. The first-order valence-corrected chi connectivity index (χ1v) is 14.2. The van der Waals surface area contributed by atoms with Crippen LogP contribution in [-0.2, 0) is 28.6 Å². The molecule has 11 nitrogen and oxygen atoms in total. The quantitative estimate of drug-likeness (QED) is 0.270. The molecule has 42 heavy (non-hydrogen) atoms. The molecule has 0 fully saturated rings. The summed E-state index contributed by atoms with van der Waals surface area (Å²) in [5.41, 5.74) is 6.59. The number of ether oxygens (including phenoxy) is 3. The maximum Gasteiger partial charge on any atom is 0.405 e. The Morgan fingerprint density at radius 3 is 2.45 bits per heavy atom. The van der Waals surface area contributed by atoms with E-state index >= 15 is 0 Å². The number of ketones is 2. The second-order valence-corrected chi connectivity index (χ2v) is 10.9. The maximum absolute atomic E-state index is 13.6. The van der Waals surface area contributed by atoms with E-state index in [0.717, 1.165) is 12.5 Å². The molecule has 6 atom stereocenters. The van der Waals surface area contributed by atoms with Crippen LogP contribution in [0.5, 0.6) is 0 Å². The molecule has 2 bridgehead atoms. The summed E-state index contributed by atoms with van der Waals surface area (Å²) < 4.78 is 16.6. The first-order valence-electron chi connectivity index (χ1n) is 14.2. The van der Waals surface area contributed by atoms with Gasteiger partial charge in [0.25, 0.3) is 5.91 Å². The third-order valence-electron chi connectivity index (χ3n) is 7.35. The van der Waals surface area contributed by atoms with E-state index in [1.165, 1.54) is 20.3 Å². The standard InChI is InChI=1S/C31H45N3O8/c1-8-12-33-26-21-13-17(2)14-25(41-7)27(36)19(4)15-20(5)29(42-31(32)39)24(40-6)11-9-10-18(3)30(38)34-22(28(21)37)16-23(26)35/h9-11,15-17,19,24-25,27,29,33,36H,8,12-14H2,1-7H3,(H2,32,39)(H,34,38)/b11-9+,18-10-,20-15+/t17-,19+,24+,25+,27-,29+/m1/s1. The number of primary amides is 1. The highest BCUT2D eigenvalue weighted by atomic mass is 16.6. The van der Waals surface area contributed by atoms with Crippen molar-refractivity contribution in [2.75, 3.05) is 20.8 Å². The van der Waals surface area contributed by atoms with Crippen molar-refractivity contribution < 1.29 is 38.5 Å². The summed E-state index contributed by atoms with van der Waals surface area (Å²) in [7, 11) is 2.94. The smallest absolute Gasteiger partial charge is 0.405 e. The summed E-state index contributed by atoms with van der Waals surface area (Å²) in [5, 5.41) is 16.9. The Hall–Kier alpha value is -3.54. The lowest BCUT2D eigenvalue weighted by Gasteiger charge is -2.30. The first-order chi connectivity index (χ1) is 19.8. The van der Waals surface area contributed by atoms with Gasteiger partial charge in [0.15, 0.2) is 6.10 Å². The predicted molar refractivity (Wildman–Crippen MR) is 158 cm³/mol. The molecule has 5 N–H and O–H groups in total. The Morgan fingerprint density at radius 1 is 1.17 bits per heavy atom. The van der Waals surface area contributed by atoms with Crippen molar-refractivity contribution in [3.63, 3.8) is 0 Å². The number of aliphatic hydroxyl groups excluding tert-OH is 1. The molecule has 0 aromatic carbocycles. The summed E-state index contributed by atoms with van der Waals surface area (Å²) in [5.74, 6) is -2.01. The molecule has 232 valence electrons. The van der Waals surface area contributed by atoms with Gasteiger partial charge in [0, 0.05) is 43.9 Å². The molecular weight excluding hydrogens is 542 g/mol. The van der Waals surface area contributed by atoms with Crippen molar-refractivity contribution >= 4 is 23.6 Å². The summed E-state index contributed by atoms with van der Waals surface area (Å²) in [6, 6.07) is 0. The Balaban J connectivity index is 2.61. The molecule has 0 aromatic rings. The van der Waals surface area contributed by atoms with E-state index in [-0.39, 0.29) is 34.9 Å². The number of carbonyl (C=O) groups is 4. The molecule has 0 saturated heterocycles. The van der Waals surface area contributed by atoms with E-state index in [0.29, 0.717) is 18.5 Å². The van der Waals surface area contributed by atoms with E-state index < -0.39 is 53.9 Å². The van der Waals surface area contributed by atoms with E-state index in [2.05, 4.69) is 10.6 Å². The van der Waals surface area contributed by atoms with Crippen LogP contribution in [0.25, 0.3) is 0 Å². The van der Waals surface area contributed by atoms with Crippen molar-refractivity contribution in [1.82, 2.24) is 10.6 Å². The molecule has 0 unspecified atom stereocenters. The number of amides is 2. The van der Waals surface area contributed by atoms with Gasteiger partial charge in [-0.3, -0.25) is 14.4 Å². The van der Waals surface area contributed by atoms with Crippen molar-refractivity contribution in [3.8, 4) is 0 Å². The lowest BCUT2D eigenvalue weighted by Crippen LogP contribution is -2.38. The lowest BCUT2D eigenvalue weighted by molar-refractivity contribution is -0.120. The number of fused-ring (bicyclic) bond motifs is 2. The van der Waals surface area contributed by atoms with Crippen LogP contribution in [0.3, 0.4) is 0 Å². The van der Waals surface area contributed by atoms with Gasteiger partial charge in [-0.15, -0.1) is 0 Å². The van der Waals surface area contributed by atoms with Crippen molar-refractivity contribution in [2.45, 2.75) is 78.3 Å². The van der Waals surface area contributed by atoms with Crippen LogP contribution in [0.2, 0.25) is 0 Å². The molecule has 0 aromatic heterocycles. The van der Waals surface area contributed by atoms with Crippen LogP contribution in [0.1, 0.15) is 53.9 Å². The zero-order chi connectivity index (χ0) is 31.6.